The molecule has 0 spiro atoms. The average molecular weight is 528 g/mol. The number of carbonyl (C=O) groups is 1. The predicted octanol–water partition coefficient (Wildman–Crippen LogP) is 5.33. The Balaban J connectivity index is 1.72. The van der Waals surface area contributed by atoms with Crippen molar-refractivity contribution in [1.82, 2.24) is 9.47 Å². The van der Waals surface area contributed by atoms with E-state index in [4.69, 9.17) is 4.74 Å². The maximum atomic E-state index is 13.5. The summed E-state index contributed by atoms with van der Waals surface area (Å²) >= 11 is 3.27. The van der Waals surface area contributed by atoms with Gasteiger partial charge in [-0.25, -0.2) is 0 Å². The van der Waals surface area contributed by atoms with Gasteiger partial charge < -0.3 is 9.30 Å². The van der Waals surface area contributed by atoms with Crippen molar-refractivity contribution in [2.75, 3.05) is 31.2 Å². The van der Waals surface area contributed by atoms with Crippen molar-refractivity contribution in [2.45, 2.75) is 64.4 Å². The third-order valence-electron chi connectivity index (χ3n) is 6.25. The van der Waals surface area contributed by atoms with E-state index in [1.807, 2.05) is 22.5 Å². The molecule has 2 aliphatic heterocycles. The van der Waals surface area contributed by atoms with Crippen molar-refractivity contribution in [3.63, 3.8) is 0 Å². The van der Waals surface area contributed by atoms with Crippen LogP contribution in [0.1, 0.15) is 60.0 Å². The highest BCUT2D eigenvalue weighted by Gasteiger charge is 2.32. The number of benzene rings is 1. The largest absolute Gasteiger partial charge is 0.416 e. The van der Waals surface area contributed by atoms with Gasteiger partial charge in [-0.1, -0.05) is 26.8 Å². The van der Waals surface area contributed by atoms with Crippen LogP contribution in [0, 0.1) is 0 Å². The van der Waals surface area contributed by atoms with E-state index < -0.39 is 17.6 Å². The molecular weight excluding hydrogens is 495 g/mol. The van der Waals surface area contributed by atoms with E-state index in [1.165, 1.54) is 17.4 Å². The van der Waals surface area contributed by atoms with Gasteiger partial charge in [-0.2, -0.15) is 29.9 Å². The van der Waals surface area contributed by atoms with E-state index in [0.29, 0.717) is 23.5 Å². The molecule has 1 aromatic heterocycles. The zero-order valence-electron chi connectivity index (χ0n) is 20.4. The van der Waals surface area contributed by atoms with E-state index >= 15 is 0 Å². The van der Waals surface area contributed by atoms with Gasteiger partial charge in [0.05, 0.1) is 18.2 Å². The number of alkyl halides is 3. The van der Waals surface area contributed by atoms with Gasteiger partial charge >= 0.3 is 6.18 Å². The van der Waals surface area contributed by atoms with Crippen LogP contribution in [-0.4, -0.2) is 52.7 Å². The Bertz CT molecular complexity index is 1110. The van der Waals surface area contributed by atoms with Crippen molar-refractivity contribution in [3.8, 4) is 0 Å². The van der Waals surface area contributed by atoms with Crippen LogP contribution in [0.3, 0.4) is 0 Å². The quantitative estimate of drug-likeness (QED) is 0.527. The van der Waals surface area contributed by atoms with Gasteiger partial charge in [-0.15, -0.1) is 11.3 Å². The first-order valence-electron chi connectivity index (χ1n) is 11.9. The molecule has 0 bridgehead atoms. The molecular formula is C25H32F3N3O2S2. The number of thiazole rings is 1. The van der Waals surface area contributed by atoms with Crippen molar-refractivity contribution in [2.24, 2.45) is 4.99 Å². The number of hydrogen-bond donors (Lipinski definition) is 0. The first-order valence-corrected chi connectivity index (χ1v) is 13.9. The molecule has 0 aliphatic carbocycles. The summed E-state index contributed by atoms with van der Waals surface area (Å²) in [6.45, 7) is 9.67. The third kappa shape index (κ3) is 6.78. The molecule has 2 aromatic rings. The molecule has 1 aromatic carbocycles. The van der Waals surface area contributed by atoms with Crippen LogP contribution in [0.2, 0.25) is 0 Å². The summed E-state index contributed by atoms with van der Waals surface area (Å²) in [6.07, 6.45) is -0.552. The fraction of sp³-hybridized carbons (Fsp3) is 0.600. The maximum Gasteiger partial charge on any atom is 0.416 e. The van der Waals surface area contributed by atoms with E-state index in [9.17, 15) is 18.0 Å². The first kappa shape index (κ1) is 26.4. The first-order chi connectivity index (χ1) is 16.5. The standard InChI is InChI=1S/C25H32F3N3O2S2/c1-24(2,3)21-16-31(15-19-5-4-10-33-19)23(35-21)29-22(32)20-13-18(25(26,27)28)7-6-17(20)14-30-8-11-34-12-9-30/h6-7,13,16,19H,4-5,8-12,14-15H2,1-3H3/t19-/m1/s1. The number of halogens is 3. The van der Waals surface area contributed by atoms with E-state index in [1.54, 1.807) is 0 Å². The Morgan fingerprint density at radius 1 is 1.20 bits per heavy atom. The molecule has 3 heterocycles. The SMILES string of the molecule is CC(C)(C)c1cn(C[C@H]2CCCO2)c(=NC(=O)c2cc(C(F)(F)F)ccc2CN2CCSCC2)s1. The Kier molecular flexibility index (Phi) is 8.15. The van der Waals surface area contributed by atoms with E-state index in [0.717, 1.165) is 61.1 Å². The Labute approximate surface area is 212 Å². The van der Waals surface area contributed by atoms with Crippen molar-refractivity contribution >= 4 is 29.0 Å². The van der Waals surface area contributed by atoms with Gasteiger partial charge in [0.25, 0.3) is 5.91 Å². The number of thioether (sulfide) groups is 1. The van der Waals surface area contributed by atoms with Crippen molar-refractivity contribution in [1.29, 1.82) is 0 Å². The van der Waals surface area contributed by atoms with Gasteiger partial charge in [0, 0.05) is 54.4 Å². The van der Waals surface area contributed by atoms with Crippen LogP contribution in [-0.2, 0) is 29.4 Å². The number of amides is 1. The molecule has 192 valence electrons. The second-order valence-corrected chi connectivity index (χ2v) is 12.3. The molecule has 2 saturated heterocycles. The lowest BCUT2D eigenvalue weighted by molar-refractivity contribution is -0.137. The fourth-order valence-electron chi connectivity index (χ4n) is 4.19. The number of aromatic nitrogens is 1. The zero-order chi connectivity index (χ0) is 25.2. The Morgan fingerprint density at radius 3 is 2.57 bits per heavy atom. The minimum absolute atomic E-state index is 0.0208. The van der Waals surface area contributed by atoms with Crippen LogP contribution in [0.5, 0.6) is 0 Å². The Morgan fingerprint density at radius 2 is 1.94 bits per heavy atom. The lowest BCUT2D eigenvalue weighted by atomic mass is 9.95. The average Bonchev–Trinajstić information content (AvgIpc) is 3.44. The van der Waals surface area contributed by atoms with Crippen LogP contribution in [0.4, 0.5) is 13.2 Å². The molecule has 1 amide bonds. The molecule has 0 N–H and O–H groups in total. The summed E-state index contributed by atoms with van der Waals surface area (Å²) in [4.78, 5) is 21.5. The lowest BCUT2D eigenvalue weighted by Crippen LogP contribution is -2.32. The van der Waals surface area contributed by atoms with Gasteiger partial charge in [0.1, 0.15) is 0 Å². The molecule has 0 unspecified atom stereocenters. The number of rotatable bonds is 5. The van der Waals surface area contributed by atoms with Gasteiger partial charge in [0.15, 0.2) is 4.80 Å². The molecule has 1 atom stereocenters. The van der Waals surface area contributed by atoms with Crippen molar-refractivity contribution in [3.05, 3.63) is 50.8 Å². The van der Waals surface area contributed by atoms with E-state index in [2.05, 4.69) is 30.7 Å². The summed E-state index contributed by atoms with van der Waals surface area (Å²) in [7, 11) is 0. The highest BCUT2D eigenvalue weighted by molar-refractivity contribution is 7.99. The lowest BCUT2D eigenvalue weighted by Gasteiger charge is -2.27. The number of nitrogens with zero attached hydrogens (tertiary/aromatic N) is 3. The number of carbonyl (C=O) groups excluding carboxylic acids is 1. The molecule has 5 nitrogen and oxygen atoms in total. The second-order valence-electron chi connectivity index (χ2n) is 10.1. The van der Waals surface area contributed by atoms with Gasteiger partial charge in [0.2, 0.25) is 0 Å². The van der Waals surface area contributed by atoms with Crippen molar-refractivity contribution < 1.29 is 22.7 Å². The zero-order valence-corrected chi connectivity index (χ0v) is 22.0. The highest BCUT2D eigenvalue weighted by atomic mass is 32.2. The molecule has 2 aliphatic rings. The highest BCUT2D eigenvalue weighted by Crippen LogP contribution is 2.31. The predicted molar refractivity (Wildman–Crippen MR) is 134 cm³/mol. The summed E-state index contributed by atoms with van der Waals surface area (Å²) in [6, 6.07) is 3.45. The van der Waals surface area contributed by atoms with Gasteiger partial charge in [-0.05, 0) is 36.0 Å². The van der Waals surface area contributed by atoms with Crippen LogP contribution in [0.25, 0.3) is 0 Å². The summed E-state index contributed by atoms with van der Waals surface area (Å²) in [5.41, 5.74) is -0.375. The molecule has 2 fully saturated rings. The summed E-state index contributed by atoms with van der Waals surface area (Å²) < 4.78 is 48.2. The monoisotopic (exact) mass is 527 g/mol. The summed E-state index contributed by atoms with van der Waals surface area (Å²) in [5, 5.41) is 0. The molecule has 4 rings (SSSR count). The topological polar surface area (TPSA) is 46.8 Å². The number of hydrogen-bond acceptors (Lipinski definition) is 5. The minimum atomic E-state index is -4.53. The second kappa shape index (κ2) is 10.8. The number of ether oxygens (including phenoxy) is 1. The van der Waals surface area contributed by atoms with Crippen LogP contribution < -0.4 is 4.80 Å². The smallest absolute Gasteiger partial charge is 0.376 e. The maximum absolute atomic E-state index is 13.5. The molecule has 10 heteroatoms. The molecule has 0 radical (unpaired) electrons. The fourth-order valence-corrected chi connectivity index (χ4v) is 6.22. The Hall–Kier alpha value is -1.62. The van der Waals surface area contributed by atoms with Crippen LogP contribution >= 0.6 is 23.1 Å². The van der Waals surface area contributed by atoms with Crippen LogP contribution in [0.15, 0.2) is 29.4 Å². The summed E-state index contributed by atoms with van der Waals surface area (Å²) in [5.74, 6) is 1.31. The minimum Gasteiger partial charge on any atom is -0.376 e. The molecule has 0 saturated carbocycles. The molecule has 35 heavy (non-hydrogen) atoms. The van der Waals surface area contributed by atoms with E-state index in [-0.39, 0.29) is 17.1 Å². The normalized spacial score (nSPS) is 20.5. The van der Waals surface area contributed by atoms with Gasteiger partial charge in [-0.3, -0.25) is 9.69 Å². The third-order valence-corrected chi connectivity index (χ3v) is 8.63.